The highest BCUT2D eigenvalue weighted by Gasteiger charge is 2.42. The number of pyridine rings is 1. The highest BCUT2D eigenvalue weighted by molar-refractivity contribution is 6.34. The molecule has 0 bridgehead atoms. The van der Waals surface area contributed by atoms with Crippen molar-refractivity contribution in [2.75, 3.05) is 6.54 Å². The summed E-state index contributed by atoms with van der Waals surface area (Å²) in [5.41, 5.74) is 0.724. The van der Waals surface area contributed by atoms with Crippen LogP contribution >= 0.6 is 23.2 Å². The second-order valence-corrected chi connectivity index (χ2v) is 8.96. The topological polar surface area (TPSA) is 77.4 Å². The first-order valence-electron chi connectivity index (χ1n) is 10.8. The molecule has 1 heterocycles. The number of ether oxygens (including phenoxy) is 1. The Hall–Kier alpha value is -2.36. The molecule has 11 heteroatoms. The summed E-state index contributed by atoms with van der Waals surface area (Å²) in [4.78, 5) is 35.2. The van der Waals surface area contributed by atoms with Crippen molar-refractivity contribution in [1.82, 2.24) is 9.88 Å². The third kappa shape index (κ3) is 6.84. The van der Waals surface area contributed by atoms with E-state index < -0.39 is 18.1 Å². The normalized spacial score (nSPS) is 14.4. The van der Waals surface area contributed by atoms with Gasteiger partial charge in [-0.25, -0.2) is 9.59 Å². The fourth-order valence-corrected chi connectivity index (χ4v) is 4.46. The molecule has 1 aliphatic rings. The highest BCUT2D eigenvalue weighted by atomic mass is 35.5. The number of halogens is 5. The molecule has 1 fully saturated rings. The van der Waals surface area contributed by atoms with Crippen LogP contribution in [0.1, 0.15) is 47.3 Å². The van der Waals surface area contributed by atoms with E-state index in [-0.39, 0.29) is 22.7 Å². The van der Waals surface area contributed by atoms with Crippen LogP contribution < -0.4 is 10.9 Å². The summed E-state index contributed by atoms with van der Waals surface area (Å²) in [5.74, 6) is -3.36. The van der Waals surface area contributed by atoms with Crippen LogP contribution in [-0.2, 0) is 29.0 Å². The average molecular weight is 519 g/mol. The van der Waals surface area contributed by atoms with E-state index in [9.17, 15) is 27.6 Å². The molecule has 2 aromatic rings. The van der Waals surface area contributed by atoms with Crippen LogP contribution in [0.25, 0.3) is 0 Å². The lowest BCUT2D eigenvalue weighted by molar-refractivity contribution is -0.193. The molecule has 1 saturated carbocycles. The maximum Gasteiger partial charge on any atom is 0.491 e. The standard InChI is InChI=1S/C23H23Cl2F3N2O4/c24-17-11-18(25)20(31)30(19(17)13-29-12-15-3-1-2-4-15)10-9-14-5-7-16(8-6-14)21(32)34-22(33)23(26,27)28/h5-8,11,15,29H,1-4,9-10,12-13H2. The van der Waals surface area contributed by atoms with Gasteiger partial charge in [0.15, 0.2) is 0 Å². The number of aryl methyl sites for hydroxylation is 1. The Morgan fingerprint density at radius 2 is 1.74 bits per heavy atom. The van der Waals surface area contributed by atoms with E-state index in [0.29, 0.717) is 35.2 Å². The van der Waals surface area contributed by atoms with Crippen LogP contribution in [0, 0.1) is 5.92 Å². The van der Waals surface area contributed by atoms with Crippen LogP contribution in [0.2, 0.25) is 10.0 Å². The fourth-order valence-electron chi connectivity index (χ4n) is 3.91. The molecule has 1 aromatic heterocycles. The Bertz CT molecular complexity index is 1100. The Balaban J connectivity index is 1.66. The summed E-state index contributed by atoms with van der Waals surface area (Å²) in [7, 11) is 0. The van der Waals surface area contributed by atoms with E-state index >= 15 is 0 Å². The number of hydrogen-bond donors (Lipinski definition) is 1. The van der Waals surface area contributed by atoms with Crippen LogP contribution in [0.3, 0.4) is 0 Å². The maximum atomic E-state index is 12.7. The molecular weight excluding hydrogens is 496 g/mol. The van der Waals surface area contributed by atoms with Crippen molar-refractivity contribution in [1.29, 1.82) is 0 Å². The predicted octanol–water partition coefficient (Wildman–Crippen LogP) is 4.92. The summed E-state index contributed by atoms with van der Waals surface area (Å²) >= 11 is 12.4. The Kier molecular flexibility index (Phi) is 8.78. The zero-order valence-corrected chi connectivity index (χ0v) is 19.6. The van der Waals surface area contributed by atoms with Crippen molar-refractivity contribution in [2.24, 2.45) is 5.92 Å². The van der Waals surface area contributed by atoms with Crippen molar-refractivity contribution in [3.63, 3.8) is 0 Å². The molecule has 0 spiro atoms. The van der Waals surface area contributed by atoms with Gasteiger partial charge >= 0.3 is 18.1 Å². The van der Waals surface area contributed by atoms with Gasteiger partial charge in [0.1, 0.15) is 5.02 Å². The molecule has 0 saturated heterocycles. The van der Waals surface area contributed by atoms with E-state index in [1.54, 1.807) is 0 Å². The van der Waals surface area contributed by atoms with E-state index in [1.165, 1.54) is 60.6 Å². The molecule has 0 radical (unpaired) electrons. The summed E-state index contributed by atoms with van der Waals surface area (Å²) in [5, 5.41) is 3.74. The second-order valence-electron chi connectivity index (χ2n) is 8.15. The number of esters is 2. The molecule has 0 atom stereocenters. The molecule has 184 valence electrons. The number of rotatable bonds is 8. The van der Waals surface area contributed by atoms with Gasteiger partial charge in [-0.3, -0.25) is 4.79 Å². The number of aromatic nitrogens is 1. The minimum absolute atomic E-state index is 0.00281. The van der Waals surface area contributed by atoms with Gasteiger partial charge in [-0.05, 0) is 55.5 Å². The number of benzene rings is 1. The average Bonchev–Trinajstić information content (AvgIpc) is 3.30. The zero-order valence-electron chi connectivity index (χ0n) is 18.1. The molecule has 1 N–H and O–H groups in total. The minimum atomic E-state index is -5.26. The third-order valence-corrected chi connectivity index (χ3v) is 6.33. The lowest BCUT2D eigenvalue weighted by Gasteiger charge is -2.17. The Labute approximate surface area is 204 Å². The van der Waals surface area contributed by atoms with Crippen molar-refractivity contribution >= 4 is 35.1 Å². The molecule has 1 aromatic carbocycles. The SMILES string of the molecule is O=C(OC(=O)C(F)(F)F)c1ccc(CCn2c(CNCC3CCCC3)c(Cl)cc(Cl)c2=O)cc1. The van der Waals surface area contributed by atoms with Crippen molar-refractivity contribution in [3.05, 3.63) is 67.6 Å². The van der Waals surface area contributed by atoms with Gasteiger partial charge < -0.3 is 14.6 Å². The molecule has 3 rings (SSSR count). The molecule has 6 nitrogen and oxygen atoms in total. The molecule has 0 aliphatic heterocycles. The lowest BCUT2D eigenvalue weighted by Crippen LogP contribution is -2.30. The van der Waals surface area contributed by atoms with Crippen LogP contribution in [0.5, 0.6) is 0 Å². The van der Waals surface area contributed by atoms with Crippen molar-refractivity contribution < 1.29 is 27.5 Å². The van der Waals surface area contributed by atoms with E-state index in [0.717, 1.165) is 6.54 Å². The van der Waals surface area contributed by atoms with Gasteiger partial charge in [-0.2, -0.15) is 13.2 Å². The Morgan fingerprint density at radius 3 is 2.35 bits per heavy atom. The number of alkyl halides is 3. The van der Waals surface area contributed by atoms with Crippen molar-refractivity contribution in [3.8, 4) is 0 Å². The quantitative estimate of drug-likeness (QED) is 0.396. The second kappa shape index (κ2) is 11.4. The first-order chi connectivity index (χ1) is 16.1. The Morgan fingerprint density at radius 1 is 1.09 bits per heavy atom. The smallest absolute Gasteiger partial charge is 0.383 e. The molecule has 1 aliphatic carbocycles. The molecule has 0 amide bonds. The minimum Gasteiger partial charge on any atom is -0.383 e. The van der Waals surface area contributed by atoms with E-state index in [1.807, 2.05) is 0 Å². The molecule has 34 heavy (non-hydrogen) atoms. The number of carbonyl (C=O) groups is 2. The predicted molar refractivity (Wildman–Crippen MR) is 121 cm³/mol. The number of nitrogens with one attached hydrogen (secondary N) is 1. The number of nitrogens with zero attached hydrogens (tertiary/aromatic N) is 1. The van der Waals surface area contributed by atoms with Gasteiger partial charge in [0, 0.05) is 13.1 Å². The van der Waals surface area contributed by atoms with Gasteiger partial charge in [0.25, 0.3) is 5.56 Å². The summed E-state index contributed by atoms with van der Waals surface area (Å²) in [6.07, 6.45) is -0.0697. The van der Waals surface area contributed by atoms with Crippen molar-refractivity contribution in [2.45, 2.75) is 51.4 Å². The third-order valence-electron chi connectivity index (χ3n) is 5.74. The maximum absolute atomic E-state index is 12.7. The first-order valence-corrected chi connectivity index (χ1v) is 11.5. The summed E-state index contributed by atoms with van der Waals surface area (Å²) in [6, 6.07) is 6.93. The lowest BCUT2D eigenvalue weighted by atomic mass is 10.1. The monoisotopic (exact) mass is 518 g/mol. The van der Waals surface area contributed by atoms with Crippen LogP contribution in [0.15, 0.2) is 35.1 Å². The molecular formula is C23H23Cl2F3N2O4. The van der Waals surface area contributed by atoms with Gasteiger partial charge in [-0.1, -0.05) is 48.2 Å². The largest absolute Gasteiger partial charge is 0.491 e. The van der Waals surface area contributed by atoms with Gasteiger partial charge in [-0.15, -0.1) is 0 Å². The molecule has 0 unspecified atom stereocenters. The van der Waals surface area contributed by atoms with E-state index in [2.05, 4.69) is 10.1 Å². The summed E-state index contributed by atoms with van der Waals surface area (Å²) in [6.45, 7) is 1.48. The first kappa shape index (κ1) is 26.2. The van der Waals surface area contributed by atoms with Gasteiger partial charge in [0.2, 0.25) is 0 Å². The zero-order chi connectivity index (χ0) is 24.9. The highest BCUT2D eigenvalue weighted by Crippen LogP contribution is 2.24. The number of carbonyl (C=O) groups excluding carboxylic acids is 2. The van der Waals surface area contributed by atoms with Crippen LogP contribution in [0.4, 0.5) is 13.2 Å². The summed E-state index contributed by atoms with van der Waals surface area (Å²) < 4.78 is 42.1. The van der Waals surface area contributed by atoms with Gasteiger partial charge in [0.05, 0.1) is 16.3 Å². The van der Waals surface area contributed by atoms with E-state index in [4.69, 9.17) is 23.2 Å². The van der Waals surface area contributed by atoms with Crippen LogP contribution in [-0.4, -0.2) is 29.2 Å². The number of hydrogen-bond acceptors (Lipinski definition) is 5. The fraction of sp³-hybridized carbons (Fsp3) is 0.435.